The molecule has 1 aromatic carbocycles. The molecule has 92 valence electrons. The van der Waals surface area contributed by atoms with Gasteiger partial charge in [0.1, 0.15) is 0 Å². The Labute approximate surface area is 104 Å². The molecule has 18 heavy (non-hydrogen) atoms. The molecule has 0 saturated carbocycles. The van der Waals surface area contributed by atoms with Crippen LogP contribution in [0, 0.1) is 0 Å². The van der Waals surface area contributed by atoms with Gasteiger partial charge in [0.05, 0.1) is 13.0 Å². The highest BCUT2D eigenvalue weighted by Gasteiger charge is 2.11. The molecule has 0 saturated heterocycles. The number of benzene rings is 1. The van der Waals surface area contributed by atoms with Crippen molar-refractivity contribution in [1.82, 2.24) is 14.7 Å². The number of para-hydroxylation sites is 1. The van der Waals surface area contributed by atoms with Crippen molar-refractivity contribution in [2.45, 2.75) is 13.0 Å². The fourth-order valence-corrected chi connectivity index (χ4v) is 2.17. The number of fused-ring (bicyclic) bond motifs is 1. The van der Waals surface area contributed by atoms with Crippen LogP contribution in [0.1, 0.15) is 17.3 Å². The van der Waals surface area contributed by atoms with Crippen LogP contribution >= 0.6 is 0 Å². The molecule has 2 aromatic heterocycles. The number of rotatable bonds is 3. The van der Waals surface area contributed by atoms with E-state index >= 15 is 0 Å². The molecule has 0 aliphatic carbocycles. The molecule has 0 radical (unpaired) electrons. The quantitative estimate of drug-likeness (QED) is 0.757. The molecular formula is C13H14N4O. The van der Waals surface area contributed by atoms with E-state index in [0.717, 1.165) is 0 Å². The lowest BCUT2D eigenvalue weighted by atomic mass is 10.1. The predicted octanol–water partition coefficient (Wildman–Crippen LogP) is 1.61. The Hall–Kier alpha value is -2.14. The van der Waals surface area contributed by atoms with Crippen LogP contribution < -0.4 is 5.73 Å². The zero-order valence-electron chi connectivity index (χ0n) is 10.1. The molecule has 0 atom stereocenters. The average molecular weight is 242 g/mol. The standard InChI is InChI=1S/C13H14N4O/c1-17-8-9(10-4-2-3-5-11(10)17)6-13-15-12(7-14)16-18-13/h2-5,8H,6-7,14H2,1H3. The Morgan fingerprint density at radius 3 is 2.94 bits per heavy atom. The minimum absolute atomic E-state index is 0.305. The summed E-state index contributed by atoms with van der Waals surface area (Å²) in [5.41, 5.74) is 7.84. The monoisotopic (exact) mass is 242 g/mol. The Bertz CT molecular complexity index is 683. The number of aryl methyl sites for hydroxylation is 1. The summed E-state index contributed by atoms with van der Waals surface area (Å²) in [6.07, 6.45) is 2.73. The van der Waals surface area contributed by atoms with Crippen molar-refractivity contribution in [3.63, 3.8) is 0 Å². The first kappa shape index (κ1) is 11.0. The van der Waals surface area contributed by atoms with Gasteiger partial charge in [-0.15, -0.1) is 0 Å². The van der Waals surface area contributed by atoms with Gasteiger partial charge in [-0.2, -0.15) is 4.98 Å². The van der Waals surface area contributed by atoms with Crippen molar-refractivity contribution in [3.8, 4) is 0 Å². The summed E-state index contributed by atoms with van der Waals surface area (Å²) in [5, 5.41) is 5.02. The molecular weight excluding hydrogens is 228 g/mol. The maximum Gasteiger partial charge on any atom is 0.231 e. The molecule has 2 N–H and O–H groups in total. The summed E-state index contributed by atoms with van der Waals surface area (Å²) in [4.78, 5) is 4.23. The second kappa shape index (κ2) is 4.27. The van der Waals surface area contributed by atoms with E-state index in [1.165, 1.54) is 16.5 Å². The average Bonchev–Trinajstić information content (AvgIpc) is 2.97. The zero-order valence-corrected chi connectivity index (χ0v) is 10.1. The Balaban J connectivity index is 1.99. The Morgan fingerprint density at radius 2 is 2.17 bits per heavy atom. The van der Waals surface area contributed by atoms with Crippen molar-refractivity contribution < 1.29 is 4.52 Å². The van der Waals surface area contributed by atoms with Crippen LogP contribution in [-0.2, 0) is 20.0 Å². The van der Waals surface area contributed by atoms with Crippen LogP contribution in [0.3, 0.4) is 0 Å². The van der Waals surface area contributed by atoms with Crippen LogP contribution in [0.15, 0.2) is 35.0 Å². The van der Waals surface area contributed by atoms with Crippen LogP contribution in [0.2, 0.25) is 0 Å². The summed E-state index contributed by atoms with van der Waals surface area (Å²) in [5.74, 6) is 1.15. The number of nitrogens with zero attached hydrogens (tertiary/aromatic N) is 3. The maximum atomic E-state index is 5.46. The first-order chi connectivity index (χ1) is 8.78. The van der Waals surface area contributed by atoms with E-state index in [1.54, 1.807) is 0 Å². The van der Waals surface area contributed by atoms with E-state index in [9.17, 15) is 0 Å². The lowest BCUT2D eigenvalue weighted by Gasteiger charge is -1.94. The second-order valence-electron chi connectivity index (χ2n) is 4.27. The minimum atomic E-state index is 0.305. The van der Waals surface area contributed by atoms with Crippen molar-refractivity contribution >= 4 is 10.9 Å². The smallest absolute Gasteiger partial charge is 0.231 e. The predicted molar refractivity (Wildman–Crippen MR) is 67.9 cm³/mol. The van der Waals surface area contributed by atoms with E-state index in [1.807, 2.05) is 19.2 Å². The molecule has 0 fully saturated rings. The summed E-state index contributed by atoms with van der Waals surface area (Å²) in [6.45, 7) is 0.305. The largest absolute Gasteiger partial charge is 0.350 e. The topological polar surface area (TPSA) is 69.9 Å². The highest BCUT2D eigenvalue weighted by Crippen LogP contribution is 2.22. The van der Waals surface area contributed by atoms with Crippen molar-refractivity contribution in [1.29, 1.82) is 0 Å². The molecule has 0 amide bonds. The molecule has 0 unspecified atom stereocenters. The molecule has 3 aromatic rings. The number of nitrogens with two attached hydrogens (primary N) is 1. The van der Waals surface area contributed by atoms with Gasteiger partial charge in [-0.3, -0.25) is 0 Å². The summed E-state index contributed by atoms with van der Waals surface area (Å²) >= 11 is 0. The maximum absolute atomic E-state index is 5.46. The van der Waals surface area contributed by atoms with Crippen molar-refractivity contribution in [2.75, 3.05) is 0 Å². The van der Waals surface area contributed by atoms with Crippen LogP contribution in [0.25, 0.3) is 10.9 Å². The van der Waals surface area contributed by atoms with E-state index in [0.29, 0.717) is 24.7 Å². The van der Waals surface area contributed by atoms with Gasteiger partial charge in [-0.1, -0.05) is 23.4 Å². The summed E-state index contributed by atoms with van der Waals surface area (Å²) < 4.78 is 7.27. The molecule has 0 aliphatic rings. The number of hydrogen-bond donors (Lipinski definition) is 1. The number of hydrogen-bond acceptors (Lipinski definition) is 4. The number of aromatic nitrogens is 3. The fraction of sp³-hybridized carbons (Fsp3) is 0.231. The fourth-order valence-electron chi connectivity index (χ4n) is 2.17. The second-order valence-corrected chi connectivity index (χ2v) is 4.27. The van der Waals surface area contributed by atoms with Crippen molar-refractivity contribution in [2.24, 2.45) is 12.8 Å². The Kier molecular flexibility index (Phi) is 2.60. The van der Waals surface area contributed by atoms with E-state index < -0.39 is 0 Å². The molecule has 3 rings (SSSR count). The highest BCUT2D eigenvalue weighted by molar-refractivity contribution is 5.84. The SMILES string of the molecule is Cn1cc(Cc2nc(CN)no2)c2ccccc21. The lowest BCUT2D eigenvalue weighted by Crippen LogP contribution is -1.98. The molecule has 0 bridgehead atoms. The van der Waals surface area contributed by atoms with Gasteiger partial charge < -0.3 is 14.8 Å². The van der Waals surface area contributed by atoms with E-state index in [-0.39, 0.29) is 0 Å². The van der Waals surface area contributed by atoms with Gasteiger partial charge in [0.2, 0.25) is 5.89 Å². The van der Waals surface area contributed by atoms with Gasteiger partial charge in [0.25, 0.3) is 0 Å². The first-order valence-corrected chi connectivity index (χ1v) is 5.82. The third-order valence-corrected chi connectivity index (χ3v) is 3.01. The van der Waals surface area contributed by atoms with Crippen LogP contribution in [0.4, 0.5) is 0 Å². The molecule has 0 spiro atoms. The van der Waals surface area contributed by atoms with Crippen LogP contribution in [-0.4, -0.2) is 14.7 Å². The van der Waals surface area contributed by atoms with Crippen LogP contribution in [0.5, 0.6) is 0 Å². The molecule has 5 heteroatoms. The summed E-state index contributed by atoms with van der Waals surface area (Å²) in [6, 6.07) is 8.26. The Morgan fingerprint density at radius 1 is 1.33 bits per heavy atom. The third kappa shape index (κ3) is 1.78. The van der Waals surface area contributed by atoms with E-state index in [4.69, 9.17) is 10.3 Å². The minimum Gasteiger partial charge on any atom is -0.350 e. The summed E-state index contributed by atoms with van der Waals surface area (Å²) in [7, 11) is 2.03. The van der Waals surface area contributed by atoms with Gasteiger partial charge in [-0.25, -0.2) is 0 Å². The lowest BCUT2D eigenvalue weighted by molar-refractivity contribution is 0.379. The zero-order chi connectivity index (χ0) is 12.5. The first-order valence-electron chi connectivity index (χ1n) is 5.82. The normalized spacial score (nSPS) is 11.2. The van der Waals surface area contributed by atoms with E-state index in [2.05, 4.69) is 33.0 Å². The van der Waals surface area contributed by atoms with Gasteiger partial charge in [0, 0.05) is 24.1 Å². The molecule has 5 nitrogen and oxygen atoms in total. The third-order valence-electron chi connectivity index (χ3n) is 3.01. The molecule has 2 heterocycles. The van der Waals surface area contributed by atoms with Gasteiger partial charge in [-0.05, 0) is 11.6 Å². The molecule has 0 aliphatic heterocycles. The van der Waals surface area contributed by atoms with Crippen molar-refractivity contribution in [3.05, 3.63) is 47.7 Å². The van der Waals surface area contributed by atoms with Gasteiger partial charge in [0.15, 0.2) is 5.82 Å². The highest BCUT2D eigenvalue weighted by atomic mass is 16.5. The van der Waals surface area contributed by atoms with Gasteiger partial charge >= 0.3 is 0 Å².